The average molecular weight is 455 g/mol. The highest BCUT2D eigenvalue weighted by molar-refractivity contribution is 5.80. The van der Waals surface area contributed by atoms with E-state index in [4.69, 9.17) is 0 Å². The molecular formula is C29H42O4. The fourth-order valence-corrected chi connectivity index (χ4v) is 4.63. The second-order valence-corrected chi connectivity index (χ2v) is 9.84. The maximum absolute atomic E-state index is 11.9. The molecule has 0 aliphatic heterocycles. The third-order valence-electron chi connectivity index (χ3n) is 7.26. The van der Waals surface area contributed by atoms with Gasteiger partial charge in [0, 0.05) is 5.41 Å². The quantitative estimate of drug-likeness (QED) is 0.197. The normalized spacial score (nSPS) is 15.2. The highest BCUT2D eigenvalue weighted by Crippen LogP contribution is 2.33. The molecule has 0 heterocycles. The van der Waals surface area contributed by atoms with Crippen LogP contribution < -0.4 is 0 Å². The molecule has 182 valence electrons. The molecule has 2 aromatic rings. The van der Waals surface area contributed by atoms with E-state index >= 15 is 0 Å². The lowest BCUT2D eigenvalue weighted by Gasteiger charge is -2.32. The Morgan fingerprint density at radius 3 is 1.48 bits per heavy atom. The van der Waals surface area contributed by atoms with Gasteiger partial charge in [-0.05, 0) is 30.9 Å². The zero-order valence-corrected chi connectivity index (χ0v) is 20.4. The van der Waals surface area contributed by atoms with Gasteiger partial charge < -0.3 is 15.3 Å². The van der Waals surface area contributed by atoms with Crippen LogP contribution in [0.25, 0.3) is 0 Å². The molecule has 4 heteroatoms. The number of carboxylic acids is 1. The van der Waals surface area contributed by atoms with Crippen LogP contribution >= 0.6 is 0 Å². The lowest BCUT2D eigenvalue weighted by Crippen LogP contribution is -2.36. The fraction of sp³-hybridized carbons (Fsp3) is 0.552. The molecule has 0 aromatic heterocycles. The Balaban J connectivity index is 1.58. The van der Waals surface area contributed by atoms with E-state index in [1.54, 1.807) is 0 Å². The van der Waals surface area contributed by atoms with E-state index < -0.39 is 23.1 Å². The van der Waals surface area contributed by atoms with Gasteiger partial charge in [0.2, 0.25) is 0 Å². The van der Waals surface area contributed by atoms with Gasteiger partial charge in [0.05, 0.1) is 5.41 Å². The second kappa shape index (κ2) is 13.5. The lowest BCUT2D eigenvalue weighted by molar-refractivity contribution is -0.143. The van der Waals surface area contributed by atoms with Crippen molar-refractivity contribution in [2.75, 3.05) is 0 Å². The van der Waals surface area contributed by atoms with E-state index in [1.165, 1.54) is 19.3 Å². The minimum atomic E-state index is -1.36. The summed E-state index contributed by atoms with van der Waals surface area (Å²) in [7, 11) is 0. The summed E-state index contributed by atoms with van der Waals surface area (Å²) in [6.45, 7) is 3.77. The molecule has 0 aliphatic carbocycles. The van der Waals surface area contributed by atoms with E-state index in [0.29, 0.717) is 6.42 Å². The van der Waals surface area contributed by atoms with Gasteiger partial charge in [-0.2, -0.15) is 0 Å². The van der Waals surface area contributed by atoms with E-state index in [9.17, 15) is 20.1 Å². The number of hydrogen-bond donors (Lipinski definition) is 3. The molecule has 2 rings (SSSR count). The van der Waals surface area contributed by atoms with Crippen LogP contribution in [0.3, 0.4) is 0 Å². The monoisotopic (exact) mass is 454 g/mol. The van der Waals surface area contributed by atoms with Crippen molar-refractivity contribution in [3.63, 3.8) is 0 Å². The van der Waals surface area contributed by atoms with E-state index in [2.05, 4.69) is 0 Å². The molecule has 2 atom stereocenters. The number of aliphatic carboxylic acids is 1. The first-order valence-electron chi connectivity index (χ1n) is 12.5. The van der Waals surface area contributed by atoms with Crippen molar-refractivity contribution >= 4 is 5.97 Å². The summed E-state index contributed by atoms with van der Waals surface area (Å²) in [5.41, 5.74) is 0.434. The molecule has 0 fully saturated rings. The number of hydrogen-bond acceptors (Lipinski definition) is 3. The van der Waals surface area contributed by atoms with Crippen LogP contribution in [0.1, 0.15) is 95.6 Å². The number of carboxylic acid groups (broad SMARTS) is 1. The lowest BCUT2D eigenvalue weighted by atomic mass is 9.77. The molecule has 4 nitrogen and oxygen atoms in total. The molecule has 0 bridgehead atoms. The first-order valence-corrected chi connectivity index (χ1v) is 12.5. The predicted molar refractivity (Wildman–Crippen MR) is 134 cm³/mol. The first kappa shape index (κ1) is 27.1. The Hall–Kier alpha value is -2.17. The summed E-state index contributed by atoms with van der Waals surface area (Å²) < 4.78 is 0. The second-order valence-electron chi connectivity index (χ2n) is 9.84. The Morgan fingerprint density at radius 2 is 1.06 bits per heavy atom. The van der Waals surface area contributed by atoms with E-state index in [1.807, 2.05) is 74.5 Å². The Labute approximate surface area is 199 Å². The van der Waals surface area contributed by atoms with Crippen LogP contribution in [-0.2, 0) is 15.6 Å². The number of benzene rings is 2. The zero-order chi connectivity index (χ0) is 24.2. The SMILES string of the molecule is CC(CCCCCCCCCCCC(C)(c1ccccc1)C(O)O)(C(=O)O)c1ccccc1. The van der Waals surface area contributed by atoms with Gasteiger partial charge in [0.25, 0.3) is 0 Å². The van der Waals surface area contributed by atoms with Crippen molar-refractivity contribution in [2.24, 2.45) is 0 Å². The molecule has 0 saturated heterocycles. The van der Waals surface area contributed by atoms with Crippen molar-refractivity contribution in [1.82, 2.24) is 0 Å². The average Bonchev–Trinajstić information content (AvgIpc) is 2.83. The van der Waals surface area contributed by atoms with Crippen molar-refractivity contribution in [3.05, 3.63) is 71.8 Å². The molecule has 0 radical (unpaired) electrons. The van der Waals surface area contributed by atoms with Crippen molar-refractivity contribution in [2.45, 2.75) is 102 Å². The van der Waals surface area contributed by atoms with Gasteiger partial charge in [0.15, 0.2) is 6.29 Å². The summed E-state index contributed by atoms with van der Waals surface area (Å²) in [6.07, 6.45) is 10.1. The van der Waals surface area contributed by atoms with Crippen LogP contribution in [0, 0.1) is 0 Å². The maximum Gasteiger partial charge on any atom is 0.313 e. The van der Waals surface area contributed by atoms with Crippen molar-refractivity contribution < 1.29 is 20.1 Å². The van der Waals surface area contributed by atoms with Gasteiger partial charge >= 0.3 is 5.97 Å². The van der Waals surface area contributed by atoms with E-state index in [-0.39, 0.29) is 0 Å². The molecule has 2 unspecified atom stereocenters. The summed E-state index contributed by atoms with van der Waals surface area (Å²) in [4.78, 5) is 11.9. The zero-order valence-electron chi connectivity index (χ0n) is 20.4. The number of aliphatic hydroxyl groups excluding tert-OH is 1. The van der Waals surface area contributed by atoms with Gasteiger partial charge in [-0.3, -0.25) is 4.79 Å². The fourth-order valence-electron chi connectivity index (χ4n) is 4.63. The van der Waals surface area contributed by atoms with Crippen molar-refractivity contribution in [1.29, 1.82) is 0 Å². The smallest absolute Gasteiger partial charge is 0.313 e. The maximum atomic E-state index is 11.9. The third-order valence-corrected chi connectivity index (χ3v) is 7.26. The summed E-state index contributed by atoms with van der Waals surface area (Å²) >= 11 is 0. The first-order chi connectivity index (χ1) is 15.8. The summed E-state index contributed by atoms with van der Waals surface area (Å²) in [5, 5.41) is 29.6. The highest BCUT2D eigenvalue weighted by atomic mass is 16.5. The van der Waals surface area contributed by atoms with E-state index in [0.717, 1.165) is 56.1 Å². The Kier molecular flexibility index (Phi) is 11.1. The molecule has 0 amide bonds. The number of unbranched alkanes of at least 4 members (excludes halogenated alkanes) is 8. The van der Waals surface area contributed by atoms with Crippen LogP contribution in [0.5, 0.6) is 0 Å². The molecule has 0 saturated carbocycles. The molecule has 33 heavy (non-hydrogen) atoms. The molecular weight excluding hydrogens is 412 g/mol. The molecule has 0 aliphatic rings. The standard InChI is InChI=1S/C29H42O4/c1-28(26(30)31,24-18-12-10-13-19-24)22-16-8-6-4-3-5-7-9-17-23-29(2,27(32)33)25-20-14-11-15-21-25/h10-15,18-21,26,30-31H,3-9,16-17,22-23H2,1-2H3,(H,32,33). The third kappa shape index (κ3) is 7.97. The van der Waals surface area contributed by atoms with Crippen LogP contribution in [0.4, 0.5) is 0 Å². The van der Waals surface area contributed by atoms with Gasteiger partial charge in [-0.15, -0.1) is 0 Å². The Bertz CT molecular complexity index is 805. The van der Waals surface area contributed by atoms with Crippen LogP contribution in [0.15, 0.2) is 60.7 Å². The number of rotatable bonds is 16. The molecule has 2 aromatic carbocycles. The summed E-state index contributed by atoms with van der Waals surface area (Å²) in [5.74, 6) is -0.745. The minimum Gasteiger partial charge on any atom is -0.481 e. The van der Waals surface area contributed by atoms with Gasteiger partial charge in [0.1, 0.15) is 0 Å². The van der Waals surface area contributed by atoms with Gasteiger partial charge in [-0.25, -0.2) is 0 Å². The van der Waals surface area contributed by atoms with Crippen LogP contribution in [0.2, 0.25) is 0 Å². The van der Waals surface area contributed by atoms with Crippen molar-refractivity contribution in [3.8, 4) is 0 Å². The Morgan fingerprint density at radius 1 is 0.667 bits per heavy atom. The minimum absolute atomic E-state index is 0.620. The van der Waals surface area contributed by atoms with Gasteiger partial charge in [-0.1, -0.05) is 125 Å². The predicted octanol–water partition coefficient (Wildman–Crippen LogP) is 6.59. The number of carbonyl (C=O) groups is 1. The highest BCUT2D eigenvalue weighted by Gasteiger charge is 2.34. The largest absolute Gasteiger partial charge is 0.481 e. The molecule has 3 N–H and O–H groups in total. The molecule has 0 spiro atoms. The summed E-state index contributed by atoms with van der Waals surface area (Å²) in [6, 6.07) is 19.3. The number of aliphatic hydroxyl groups is 2. The van der Waals surface area contributed by atoms with Crippen LogP contribution in [-0.4, -0.2) is 27.6 Å². The topological polar surface area (TPSA) is 77.8 Å².